The van der Waals surface area contributed by atoms with Gasteiger partial charge in [-0.25, -0.2) is 4.79 Å². The number of ether oxygens (including phenoxy) is 1. The van der Waals surface area contributed by atoms with Crippen LogP contribution in [0.2, 0.25) is 0 Å². The maximum Gasteiger partial charge on any atom is 0.317 e. The summed E-state index contributed by atoms with van der Waals surface area (Å²) in [5, 5.41) is 2.95. The van der Waals surface area contributed by atoms with E-state index in [1.807, 2.05) is 43.9 Å². The Morgan fingerprint density at radius 3 is 2.70 bits per heavy atom. The van der Waals surface area contributed by atoms with Gasteiger partial charge in [0.25, 0.3) is 0 Å². The Morgan fingerprint density at radius 1 is 1.35 bits per heavy atom. The second kappa shape index (κ2) is 6.75. The van der Waals surface area contributed by atoms with Gasteiger partial charge < -0.3 is 15.0 Å². The highest BCUT2D eigenvalue weighted by molar-refractivity contribution is 5.74. The van der Waals surface area contributed by atoms with E-state index in [9.17, 15) is 4.79 Å². The predicted molar refractivity (Wildman–Crippen MR) is 79.7 cm³/mol. The summed E-state index contributed by atoms with van der Waals surface area (Å²) in [4.78, 5) is 14.0. The lowest BCUT2D eigenvalue weighted by Crippen LogP contribution is -2.53. The Bertz CT molecular complexity index is 433. The fraction of sp³-hybridized carbons (Fsp3) is 0.562. The van der Waals surface area contributed by atoms with Gasteiger partial charge in [-0.2, -0.15) is 0 Å². The van der Waals surface area contributed by atoms with Crippen molar-refractivity contribution in [3.8, 4) is 0 Å². The first-order valence-electron chi connectivity index (χ1n) is 7.29. The van der Waals surface area contributed by atoms with Crippen LogP contribution in [-0.2, 0) is 11.2 Å². The summed E-state index contributed by atoms with van der Waals surface area (Å²) in [6, 6.07) is 10.4. The number of rotatable bonds is 3. The molecule has 20 heavy (non-hydrogen) atoms. The van der Waals surface area contributed by atoms with Gasteiger partial charge in [-0.3, -0.25) is 0 Å². The molecule has 2 atom stereocenters. The van der Waals surface area contributed by atoms with Crippen molar-refractivity contribution in [3.05, 3.63) is 35.9 Å². The van der Waals surface area contributed by atoms with Crippen LogP contribution in [0.25, 0.3) is 0 Å². The van der Waals surface area contributed by atoms with Crippen molar-refractivity contribution in [1.82, 2.24) is 10.2 Å². The van der Waals surface area contributed by atoms with Gasteiger partial charge in [-0.15, -0.1) is 0 Å². The summed E-state index contributed by atoms with van der Waals surface area (Å²) in [5.41, 5.74) is 1.25. The molecule has 0 radical (unpaired) electrons. The van der Waals surface area contributed by atoms with Crippen LogP contribution >= 0.6 is 0 Å². The third-order valence-electron chi connectivity index (χ3n) is 3.33. The number of nitrogens with one attached hydrogen (secondary N) is 1. The normalized spacial score (nSPS) is 22.9. The van der Waals surface area contributed by atoms with Crippen molar-refractivity contribution in [2.75, 3.05) is 13.1 Å². The van der Waals surface area contributed by atoms with Crippen LogP contribution < -0.4 is 5.32 Å². The highest BCUT2D eigenvalue weighted by Gasteiger charge is 2.28. The van der Waals surface area contributed by atoms with Gasteiger partial charge in [-0.1, -0.05) is 30.3 Å². The molecule has 1 aromatic rings. The maximum absolute atomic E-state index is 12.1. The summed E-state index contributed by atoms with van der Waals surface area (Å²) in [6.45, 7) is 7.28. The maximum atomic E-state index is 12.1. The fourth-order valence-electron chi connectivity index (χ4n) is 2.54. The molecule has 4 nitrogen and oxygen atoms in total. The number of hydrogen-bond acceptors (Lipinski definition) is 2. The van der Waals surface area contributed by atoms with E-state index in [4.69, 9.17) is 4.74 Å². The zero-order valence-corrected chi connectivity index (χ0v) is 12.5. The van der Waals surface area contributed by atoms with E-state index in [1.165, 1.54) is 5.56 Å². The first-order valence-corrected chi connectivity index (χ1v) is 7.29. The van der Waals surface area contributed by atoms with E-state index in [0.29, 0.717) is 13.1 Å². The number of nitrogens with zero attached hydrogens (tertiary/aromatic N) is 1. The molecular formula is C16H24N2O2. The van der Waals surface area contributed by atoms with Crippen molar-refractivity contribution in [2.24, 2.45) is 0 Å². The van der Waals surface area contributed by atoms with Crippen LogP contribution in [0.3, 0.4) is 0 Å². The average Bonchev–Trinajstić information content (AvgIpc) is 2.38. The molecule has 0 aromatic heterocycles. The van der Waals surface area contributed by atoms with Crippen molar-refractivity contribution < 1.29 is 9.53 Å². The second-order valence-electron chi connectivity index (χ2n) is 5.77. The summed E-state index contributed by atoms with van der Waals surface area (Å²) >= 11 is 0. The monoisotopic (exact) mass is 276 g/mol. The lowest BCUT2D eigenvalue weighted by Gasteiger charge is -2.37. The lowest BCUT2D eigenvalue weighted by molar-refractivity contribution is -0.0630. The zero-order valence-electron chi connectivity index (χ0n) is 12.5. The van der Waals surface area contributed by atoms with Crippen LogP contribution in [-0.4, -0.2) is 42.3 Å². The van der Waals surface area contributed by atoms with Crippen LogP contribution in [0.4, 0.5) is 4.79 Å². The van der Waals surface area contributed by atoms with E-state index < -0.39 is 0 Å². The summed E-state index contributed by atoms with van der Waals surface area (Å²) in [5.74, 6) is 0. The minimum atomic E-state index is 0.00760. The van der Waals surface area contributed by atoms with Crippen LogP contribution in [0.1, 0.15) is 26.3 Å². The van der Waals surface area contributed by atoms with E-state index >= 15 is 0 Å². The first kappa shape index (κ1) is 14.9. The van der Waals surface area contributed by atoms with Crippen molar-refractivity contribution in [1.29, 1.82) is 0 Å². The molecule has 2 rings (SSSR count). The fourth-order valence-corrected chi connectivity index (χ4v) is 2.54. The molecule has 1 fully saturated rings. The van der Waals surface area contributed by atoms with Crippen molar-refractivity contribution >= 4 is 6.03 Å². The number of carbonyl (C=O) groups excluding carboxylic acids is 1. The molecule has 4 heteroatoms. The Labute approximate surface area is 121 Å². The van der Waals surface area contributed by atoms with Gasteiger partial charge in [-0.05, 0) is 26.3 Å². The molecule has 2 unspecified atom stereocenters. The number of urea groups is 1. The van der Waals surface area contributed by atoms with Crippen molar-refractivity contribution in [2.45, 2.75) is 45.4 Å². The molecule has 1 N–H and O–H groups in total. The zero-order chi connectivity index (χ0) is 14.5. The van der Waals surface area contributed by atoms with Gasteiger partial charge in [0.2, 0.25) is 0 Å². The molecule has 2 amide bonds. The third-order valence-corrected chi connectivity index (χ3v) is 3.33. The lowest BCUT2D eigenvalue weighted by atomic mass is 10.1. The summed E-state index contributed by atoms with van der Waals surface area (Å²) in [6.07, 6.45) is 0.992. The number of amides is 2. The summed E-state index contributed by atoms with van der Waals surface area (Å²) in [7, 11) is 0. The van der Waals surface area contributed by atoms with E-state index in [0.717, 1.165) is 6.42 Å². The standard InChI is InChI=1S/C16H24N2O2/c1-12(2)17-16(19)18-10-13(3)20-15(11-18)9-14-7-5-4-6-8-14/h4-8,12-13,15H,9-11H2,1-3H3,(H,17,19). The van der Waals surface area contributed by atoms with Crippen LogP contribution in [0, 0.1) is 0 Å². The largest absolute Gasteiger partial charge is 0.371 e. The molecule has 0 saturated carbocycles. The molecule has 0 bridgehead atoms. The number of carbonyl (C=O) groups is 1. The minimum Gasteiger partial charge on any atom is -0.371 e. The molecule has 0 aliphatic carbocycles. The predicted octanol–water partition coefficient (Wildman–Crippen LogP) is 2.44. The quantitative estimate of drug-likeness (QED) is 0.921. The molecule has 1 saturated heterocycles. The SMILES string of the molecule is CC(C)NC(=O)N1CC(C)OC(Cc2ccccc2)C1. The highest BCUT2D eigenvalue weighted by Crippen LogP contribution is 2.15. The molecule has 1 aromatic carbocycles. The second-order valence-corrected chi connectivity index (χ2v) is 5.77. The molecule has 110 valence electrons. The van der Waals surface area contributed by atoms with Gasteiger partial charge >= 0.3 is 6.03 Å². The average molecular weight is 276 g/mol. The van der Waals surface area contributed by atoms with E-state index in [2.05, 4.69) is 17.4 Å². The third kappa shape index (κ3) is 4.23. The highest BCUT2D eigenvalue weighted by atomic mass is 16.5. The summed E-state index contributed by atoms with van der Waals surface area (Å²) < 4.78 is 5.95. The first-order chi connectivity index (χ1) is 9.54. The molecule has 1 heterocycles. The van der Waals surface area contributed by atoms with Gasteiger partial charge in [0, 0.05) is 25.6 Å². The van der Waals surface area contributed by atoms with Crippen LogP contribution in [0.5, 0.6) is 0 Å². The molecule has 1 aliphatic rings. The minimum absolute atomic E-state index is 0.00760. The smallest absolute Gasteiger partial charge is 0.317 e. The topological polar surface area (TPSA) is 41.6 Å². The van der Waals surface area contributed by atoms with E-state index in [-0.39, 0.29) is 24.3 Å². The van der Waals surface area contributed by atoms with Gasteiger partial charge in [0.05, 0.1) is 12.2 Å². The van der Waals surface area contributed by atoms with Crippen LogP contribution in [0.15, 0.2) is 30.3 Å². The Kier molecular flexibility index (Phi) is 5.01. The van der Waals surface area contributed by atoms with Gasteiger partial charge in [0.1, 0.15) is 0 Å². The van der Waals surface area contributed by atoms with Crippen molar-refractivity contribution in [3.63, 3.8) is 0 Å². The number of morpholine rings is 1. The number of benzene rings is 1. The molecular weight excluding hydrogens is 252 g/mol. The van der Waals surface area contributed by atoms with E-state index in [1.54, 1.807) is 0 Å². The molecule has 0 spiro atoms. The molecule has 1 aliphatic heterocycles. The van der Waals surface area contributed by atoms with Gasteiger partial charge in [0.15, 0.2) is 0 Å². The Morgan fingerprint density at radius 2 is 2.05 bits per heavy atom. The Balaban J connectivity index is 1.96. The number of hydrogen-bond donors (Lipinski definition) is 1. The Hall–Kier alpha value is -1.55.